The Hall–Kier alpha value is -3.93. The number of hydrogen-bond donors (Lipinski definition) is 7. The van der Waals surface area contributed by atoms with Crippen molar-refractivity contribution < 1.29 is 29.1 Å². The fraction of sp³-hybridized carbons (Fsp3) is 0.409. The first kappa shape index (κ1) is 26.3. The number of hydrogen-bond acceptors (Lipinski definition) is 6. The van der Waals surface area contributed by atoms with Gasteiger partial charge in [0.15, 0.2) is 0 Å². The number of aliphatic carboxylic acids is 1. The van der Waals surface area contributed by atoms with E-state index < -0.39 is 60.7 Å². The van der Waals surface area contributed by atoms with Crippen molar-refractivity contribution in [3.8, 4) is 0 Å². The fourth-order valence-corrected chi connectivity index (χ4v) is 3.24. The number of benzene rings is 1. The van der Waals surface area contributed by atoms with E-state index >= 15 is 0 Å². The molecule has 0 saturated carbocycles. The minimum atomic E-state index is -1.33. The molecule has 0 radical (unpaired) electrons. The predicted octanol–water partition coefficient (Wildman–Crippen LogP) is -1.26. The first-order valence-electron chi connectivity index (χ1n) is 10.7. The van der Waals surface area contributed by atoms with Gasteiger partial charge < -0.3 is 37.5 Å². The standard InChI is InChI=1S/C22H30N6O6/c1-11(2)19(24)21(32)28-15(8-17(23)29)20(31)26-10-18(30)27-16(22(33)34)7-12-9-25-14-6-4-3-5-13(12)14/h3-6,9,11,15-16,19,25H,7-8,10,24H2,1-2H3,(H2,23,29)(H,26,31)(H,27,30)(H,28,32)(H,33,34). The Morgan fingerprint density at radius 1 is 1.03 bits per heavy atom. The van der Waals surface area contributed by atoms with Gasteiger partial charge in [-0.05, 0) is 17.5 Å². The lowest BCUT2D eigenvalue weighted by Gasteiger charge is -2.21. The van der Waals surface area contributed by atoms with Crippen LogP contribution < -0.4 is 27.4 Å². The lowest BCUT2D eigenvalue weighted by molar-refractivity contribution is -0.141. The molecule has 12 heteroatoms. The second-order valence-electron chi connectivity index (χ2n) is 8.24. The molecule has 0 saturated heterocycles. The summed E-state index contributed by atoms with van der Waals surface area (Å²) in [4.78, 5) is 63.0. The smallest absolute Gasteiger partial charge is 0.326 e. The molecule has 1 aromatic carbocycles. The second-order valence-corrected chi connectivity index (χ2v) is 8.24. The topological polar surface area (TPSA) is 209 Å². The van der Waals surface area contributed by atoms with Gasteiger partial charge in [-0.15, -0.1) is 0 Å². The first-order valence-corrected chi connectivity index (χ1v) is 10.7. The predicted molar refractivity (Wildman–Crippen MR) is 123 cm³/mol. The van der Waals surface area contributed by atoms with Gasteiger partial charge in [-0.3, -0.25) is 19.2 Å². The highest BCUT2D eigenvalue weighted by atomic mass is 16.4. The van der Waals surface area contributed by atoms with Gasteiger partial charge in [0.25, 0.3) is 0 Å². The number of carbonyl (C=O) groups is 5. The van der Waals surface area contributed by atoms with Crippen molar-refractivity contribution in [1.29, 1.82) is 0 Å². The molecule has 3 atom stereocenters. The highest BCUT2D eigenvalue weighted by Gasteiger charge is 2.27. The van der Waals surface area contributed by atoms with Crippen molar-refractivity contribution in [2.75, 3.05) is 6.54 Å². The Balaban J connectivity index is 1.97. The van der Waals surface area contributed by atoms with E-state index in [9.17, 15) is 29.1 Å². The number of fused-ring (bicyclic) bond motifs is 1. The summed E-state index contributed by atoms with van der Waals surface area (Å²) in [6, 6.07) is 3.86. The van der Waals surface area contributed by atoms with Crippen LogP contribution in [0.4, 0.5) is 0 Å². The van der Waals surface area contributed by atoms with E-state index in [4.69, 9.17) is 11.5 Å². The second kappa shape index (κ2) is 11.8. The zero-order valence-corrected chi connectivity index (χ0v) is 19.0. The van der Waals surface area contributed by atoms with Crippen LogP contribution in [-0.4, -0.2) is 64.4 Å². The monoisotopic (exact) mass is 474 g/mol. The SMILES string of the molecule is CC(C)C(N)C(=O)NC(CC(N)=O)C(=O)NCC(=O)NC(Cc1c[nH]c2ccccc12)C(=O)O. The molecule has 0 aliphatic carbocycles. The van der Waals surface area contributed by atoms with Crippen LogP contribution in [0.5, 0.6) is 0 Å². The number of primary amides is 1. The van der Waals surface area contributed by atoms with Gasteiger partial charge >= 0.3 is 5.97 Å². The normalized spacial score (nSPS) is 13.6. The molecule has 1 heterocycles. The summed E-state index contributed by atoms with van der Waals surface area (Å²) in [6.45, 7) is 2.86. The van der Waals surface area contributed by atoms with Crippen LogP contribution in [0.3, 0.4) is 0 Å². The molecule has 2 rings (SSSR count). The van der Waals surface area contributed by atoms with Crippen LogP contribution in [0.2, 0.25) is 0 Å². The summed E-state index contributed by atoms with van der Waals surface area (Å²) in [5.41, 5.74) is 12.4. The van der Waals surface area contributed by atoms with Gasteiger partial charge in [-0.1, -0.05) is 32.0 Å². The average molecular weight is 475 g/mol. The maximum Gasteiger partial charge on any atom is 0.326 e. The van der Waals surface area contributed by atoms with Crippen molar-refractivity contribution in [2.45, 2.75) is 44.8 Å². The van der Waals surface area contributed by atoms with E-state index in [0.29, 0.717) is 5.56 Å². The highest BCUT2D eigenvalue weighted by molar-refractivity contribution is 5.95. The maximum absolute atomic E-state index is 12.5. The van der Waals surface area contributed by atoms with Crippen molar-refractivity contribution in [3.05, 3.63) is 36.0 Å². The van der Waals surface area contributed by atoms with Gasteiger partial charge in [0.05, 0.1) is 19.0 Å². The molecule has 12 nitrogen and oxygen atoms in total. The van der Waals surface area contributed by atoms with Crippen molar-refractivity contribution in [2.24, 2.45) is 17.4 Å². The highest BCUT2D eigenvalue weighted by Crippen LogP contribution is 2.19. The van der Waals surface area contributed by atoms with E-state index in [2.05, 4.69) is 20.9 Å². The molecular weight excluding hydrogens is 444 g/mol. The lowest BCUT2D eigenvalue weighted by Crippen LogP contribution is -2.55. The summed E-state index contributed by atoms with van der Waals surface area (Å²) in [5.74, 6) is -4.54. The largest absolute Gasteiger partial charge is 0.480 e. The Morgan fingerprint density at radius 2 is 1.71 bits per heavy atom. The van der Waals surface area contributed by atoms with Crippen LogP contribution in [0, 0.1) is 5.92 Å². The number of nitrogens with one attached hydrogen (secondary N) is 4. The molecule has 184 valence electrons. The fourth-order valence-electron chi connectivity index (χ4n) is 3.24. The number of aromatic nitrogens is 1. The zero-order valence-electron chi connectivity index (χ0n) is 19.0. The summed E-state index contributed by atoms with van der Waals surface area (Å²) < 4.78 is 0. The molecular formula is C22H30N6O6. The third kappa shape index (κ3) is 7.30. The number of aromatic amines is 1. The van der Waals surface area contributed by atoms with Crippen LogP contribution in [-0.2, 0) is 30.4 Å². The minimum absolute atomic E-state index is 0.0203. The summed E-state index contributed by atoms with van der Waals surface area (Å²) in [5, 5.41) is 17.4. The van der Waals surface area contributed by atoms with E-state index in [1.807, 2.05) is 24.3 Å². The first-order chi connectivity index (χ1) is 16.0. The average Bonchev–Trinajstić information content (AvgIpc) is 3.18. The van der Waals surface area contributed by atoms with Crippen LogP contribution in [0.15, 0.2) is 30.5 Å². The van der Waals surface area contributed by atoms with E-state index in [0.717, 1.165) is 10.9 Å². The number of para-hydroxylation sites is 1. The molecule has 9 N–H and O–H groups in total. The quantitative estimate of drug-likeness (QED) is 0.198. The van der Waals surface area contributed by atoms with Crippen LogP contribution in [0.1, 0.15) is 25.8 Å². The number of H-pyrrole nitrogens is 1. The van der Waals surface area contributed by atoms with Crippen molar-refractivity contribution in [3.63, 3.8) is 0 Å². The van der Waals surface area contributed by atoms with E-state index in [1.165, 1.54) is 0 Å². The summed E-state index contributed by atoms with van der Waals surface area (Å²) in [7, 11) is 0. The van der Waals surface area contributed by atoms with Gasteiger partial charge in [0.2, 0.25) is 23.6 Å². The number of carboxylic acids is 1. The molecule has 0 bridgehead atoms. The Labute approximate surface area is 195 Å². The number of carboxylic acid groups (broad SMARTS) is 1. The molecule has 3 unspecified atom stereocenters. The van der Waals surface area contributed by atoms with Crippen LogP contribution in [0.25, 0.3) is 10.9 Å². The molecule has 0 fully saturated rings. The molecule has 2 aromatic rings. The Morgan fingerprint density at radius 3 is 2.32 bits per heavy atom. The maximum atomic E-state index is 12.5. The van der Waals surface area contributed by atoms with E-state index in [1.54, 1.807) is 20.0 Å². The van der Waals surface area contributed by atoms with Crippen molar-refractivity contribution in [1.82, 2.24) is 20.9 Å². The van der Waals surface area contributed by atoms with E-state index in [-0.39, 0.29) is 12.3 Å². The Bertz CT molecular complexity index is 1070. The number of amides is 4. The zero-order chi connectivity index (χ0) is 25.4. The summed E-state index contributed by atoms with van der Waals surface area (Å²) >= 11 is 0. The molecule has 1 aromatic heterocycles. The third-order valence-electron chi connectivity index (χ3n) is 5.21. The van der Waals surface area contributed by atoms with Gasteiger partial charge in [-0.2, -0.15) is 0 Å². The number of rotatable bonds is 12. The van der Waals surface area contributed by atoms with Gasteiger partial charge in [-0.25, -0.2) is 4.79 Å². The number of carbonyl (C=O) groups excluding carboxylic acids is 4. The number of nitrogens with two attached hydrogens (primary N) is 2. The molecule has 0 aliphatic heterocycles. The molecule has 4 amide bonds. The molecule has 34 heavy (non-hydrogen) atoms. The molecule has 0 spiro atoms. The summed E-state index contributed by atoms with van der Waals surface area (Å²) in [6.07, 6.45) is 1.20. The Kier molecular flexibility index (Phi) is 9.13. The van der Waals surface area contributed by atoms with Crippen molar-refractivity contribution >= 4 is 40.5 Å². The van der Waals surface area contributed by atoms with Gasteiger partial charge in [0.1, 0.15) is 12.1 Å². The van der Waals surface area contributed by atoms with Gasteiger partial charge in [0, 0.05) is 23.5 Å². The lowest BCUT2D eigenvalue weighted by atomic mass is 10.0. The van der Waals surface area contributed by atoms with Crippen LogP contribution >= 0.6 is 0 Å². The third-order valence-corrected chi connectivity index (χ3v) is 5.21. The molecule has 0 aliphatic rings. The minimum Gasteiger partial charge on any atom is -0.480 e.